The van der Waals surface area contributed by atoms with Gasteiger partial charge in [-0.1, -0.05) is 18.5 Å². The molecular formula is C14H23N3OS. The van der Waals surface area contributed by atoms with Gasteiger partial charge in [0.2, 0.25) is 5.89 Å². The van der Waals surface area contributed by atoms with Crippen molar-refractivity contribution in [1.82, 2.24) is 10.1 Å². The van der Waals surface area contributed by atoms with Crippen molar-refractivity contribution in [3.63, 3.8) is 0 Å². The minimum Gasteiger partial charge on any atom is -0.338 e. The summed E-state index contributed by atoms with van der Waals surface area (Å²) in [5.74, 6) is 3.56. The molecule has 3 rings (SSSR count). The predicted molar refractivity (Wildman–Crippen MR) is 76.8 cm³/mol. The molecule has 2 N–H and O–H groups in total. The highest BCUT2D eigenvalue weighted by atomic mass is 32.2. The lowest BCUT2D eigenvalue weighted by atomic mass is 9.76. The van der Waals surface area contributed by atoms with Crippen LogP contribution in [-0.2, 0) is 5.54 Å². The molecule has 0 spiro atoms. The van der Waals surface area contributed by atoms with Crippen LogP contribution in [0, 0.1) is 5.92 Å². The molecule has 1 atom stereocenters. The molecule has 2 fully saturated rings. The van der Waals surface area contributed by atoms with Gasteiger partial charge in [-0.2, -0.15) is 4.98 Å². The molecule has 1 aromatic rings. The maximum atomic E-state index is 6.52. The molecule has 2 heterocycles. The van der Waals surface area contributed by atoms with Gasteiger partial charge in [0.25, 0.3) is 0 Å². The molecule has 2 aliphatic rings. The fourth-order valence-corrected chi connectivity index (χ4v) is 4.35. The third-order valence-corrected chi connectivity index (χ3v) is 6.03. The van der Waals surface area contributed by atoms with E-state index in [2.05, 4.69) is 17.1 Å². The van der Waals surface area contributed by atoms with E-state index in [4.69, 9.17) is 10.3 Å². The number of hydrogen-bond acceptors (Lipinski definition) is 5. The van der Waals surface area contributed by atoms with Gasteiger partial charge in [0.15, 0.2) is 5.82 Å². The van der Waals surface area contributed by atoms with E-state index in [-0.39, 0.29) is 5.54 Å². The predicted octanol–water partition coefficient (Wildman–Crippen LogP) is 3.39. The van der Waals surface area contributed by atoms with Crippen molar-refractivity contribution in [3.05, 3.63) is 11.7 Å². The Labute approximate surface area is 118 Å². The summed E-state index contributed by atoms with van der Waals surface area (Å²) in [6.07, 6.45) is 8.02. The molecule has 1 aromatic heterocycles. The summed E-state index contributed by atoms with van der Waals surface area (Å²) in [4.78, 5) is 4.61. The van der Waals surface area contributed by atoms with E-state index in [0.29, 0.717) is 5.25 Å². The van der Waals surface area contributed by atoms with Crippen LogP contribution in [0.1, 0.15) is 68.8 Å². The first-order valence-electron chi connectivity index (χ1n) is 7.46. The van der Waals surface area contributed by atoms with Gasteiger partial charge in [0, 0.05) is 0 Å². The van der Waals surface area contributed by atoms with Crippen molar-refractivity contribution in [3.8, 4) is 0 Å². The molecule has 0 aromatic carbocycles. The van der Waals surface area contributed by atoms with Gasteiger partial charge >= 0.3 is 0 Å². The summed E-state index contributed by atoms with van der Waals surface area (Å²) >= 11 is 1.92. The molecule has 106 valence electrons. The van der Waals surface area contributed by atoms with Gasteiger partial charge in [-0.25, -0.2) is 0 Å². The lowest BCUT2D eigenvalue weighted by molar-refractivity contribution is 0.216. The van der Waals surface area contributed by atoms with Crippen molar-refractivity contribution in [1.29, 1.82) is 0 Å². The van der Waals surface area contributed by atoms with Crippen molar-refractivity contribution in [2.75, 3.05) is 5.75 Å². The van der Waals surface area contributed by atoms with Crippen LogP contribution in [0.25, 0.3) is 0 Å². The Bertz CT molecular complexity index is 420. The monoisotopic (exact) mass is 281 g/mol. The summed E-state index contributed by atoms with van der Waals surface area (Å²) in [7, 11) is 0. The fourth-order valence-electron chi connectivity index (χ4n) is 3.17. The second-order valence-corrected chi connectivity index (χ2v) is 7.28. The Morgan fingerprint density at radius 1 is 1.37 bits per heavy atom. The summed E-state index contributed by atoms with van der Waals surface area (Å²) in [5.41, 5.74) is 6.17. The highest BCUT2D eigenvalue weighted by molar-refractivity contribution is 7.99. The molecule has 4 nitrogen and oxygen atoms in total. The molecule has 1 saturated carbocycles. The lowest BCUT2D eigenvalue weighted by Gasteiger charge is -2.34. The third kappa shape index (κ3) is 2.68. The third-order valence-electron chi connectivity index (χ3n) is 4.67. The Morgan fingerprint density at radius 2 is 2.16 bits per heavy atom. The fraction of sp³-hybridized carbons (Fsp3) is 0.857. The van der Waals surface area contributed by atoms with Crippen LogP contribution < -0.4 is 5.73 Å². The molecule has 1 saturated heterocycles. The zero-order chi connectivity index (χ0) is 13.3. The number of nitrogens with zero attached hydrogens (tertiary/aromatic N) is 2. The van der Waals surface area contributed by atoms with E-state index < -0.39 is 0 Å². The van der Waals surface area contributed by atoms with Crippen LogP contribution in [0.4, 0.5) is 0 Å². The average Bonchev–Trinajstić information content (AvgIpc) is 3.10. The highest BCUT2D eigenvalue weighted by Crippen LogP contribution is 2.41. The Morgan fingerprint density at radius 3 is 2.79 bits per heavy atom. The van der Waals surface area contributed by atoms with Gasteiger partial charge in [-0.15, -0.1) is 11.8 Å². The standard InChI is InChI=1S/C14H23N3OS/c1-2-10-5-7-14(15,8-6-10)13-16-12(18-17-13)11-4-3-9-19-11/h10-11H,2-9,15H2,1H3. The Kier molecular flexibility index (Phi) is 3.85. The second kappa shape index (κ2) is 5.44. The largest absolute Gasteiger partial charge is 0.338 e. The molecule has 1 unspecified atom stereocenters. The maximum absolute atomic E-state index is 6.52. The van der Waals surface area contributed by atoms with E-state index in [1.165, 1.54) is 31.4 Å². The van der Waals surface area contributed by atoms with Gasteiger partial charge < -0.3 is 10.3 Å². The van der Waals surface area contributed by atoms with Crippen LogP contribution in [0.15, 0.2) is 4.52 Å². The number of aromatic nitrogens is 2. The summed E-state index contributed by atoms with van der Waals surface area (Å²) in [5, 5.41) is 4.58. The first kappa shape index (κ1) is 13.4. The van der Waals surface area contributed by atoms with Crippen LogP contribution in [0.3, 0.4) is 0 Å². The van der Waals surface area contributed by atoms with E-state index in [9.17, 15) is 0 Å². The number of hydrogen-bond donors (Lipinski definition) is 1. The van der Waals surface area contributed by atoms with E-state index in [0.717, 1.165) is 36.9 Å². The molecule has 1 aliphatic heterocycles. The SMILES string of the molecule is CCC1CCC(N)(c2noc(C3CCCS3)n2)CC1. The van der Waals surface area contributed by atoms with Crippen LogP contribution in [0.2, 0.25) is 0 Å². The summed E-state index contributed by atoms with van der Waals surface area (Å²) < 4.78 is 5.46. The zero-order valence-electron chi connectivity index (χ0n) is 11.6. The van der Waals surface area contributed by atoms with Gasteiger partial charge in [0.05, 0.1) is 10.8 Å². The lowest BCUT2D eigenvalue weighted by Crippen LogP contribution is -2.41. The second-order valence-electron chi connectivity index (χ2n) is 5.97. The van der Waals surface area contributed by atoms with Crippen molar-refractivity contribution in [2.45, 2.75) is 62.7 Å². The van der Waals surface area contributed by atoms with E-state index in [1.807, 2.05) is 11.8 Å². The normalized spacial score (nSPS) is 35.7. The van der Waals surface area contributed by atoms with Crippen molar-refractivity contribution >= 4 is 11.8 Å². The first-order valence-corrected chi connectivity index (χ1v) is 8.51. The summed E-state index contributed by atoms with van der Waals surface area (Å²) in [6, 6.07) is 0. The minimum atomic E-state index is -0.351. The zero-order valence-corrected chi connectivity index (χ0v) is 12.4. The molecular weight excluding hydrogens is 258 g/mol. The molecule has 1 aliphatic carbocycles. The molecule has 19 heavy (non-hydrogen) atoms. The van der Waals surface area contributed by atoms with E-state index >= 15 is 0 Å². The maximum Gasteiger partial charge on any atom is 0.239 e. The highest BCUT2D eigenvalue weighted by Gasteiger charge is 2.37. The van der Waals surface area contributed by atoms with Gasteiger partial charge in [-0.05, 0) is 50.2 Å². The van der Waals surface area contributed by atoms with Gasteiger partial charge in [0.1, 0.15) is 0 Å². The molecule has 0 radical (unpaired) electrons. The quantitative estimate of drug-likeness (QED) is 0.920. The smallest absolute Gasteiger partial charge is 0.239 e. The van der Waals surface area contributed by atoms with Crippen molar-refractivity contribution < 1.29 is 4.52 Å². The number of rotatable bonds is 3. The topological polar surface area (TPSA) is 64.9 Å². The summed E-state index contributed by atoms with van der Waals surface area (Å²) in [6.45, 7) is 2.26. The van der Waals surface area contributed by atoms with Crippen LogP contribution in [-0.4, -0.2) is 15.9 Å². The van der Waals surface area contributed by atoms with Crippen LogP contribution >= 0.6 is 11.8 Å². The van der Waals surface area contributed by atoms with Crippen LogP contribution in [0.5, 0.6) is 0 Å². The average molecular weight is 281 g/mol. The molecule has 0 amide bonds. The first-order chi connectivity index (χ1) is 9.21. The number of nitrogens with two attached hydrogens (primary N) is 1. The van der Waals surface area contributed by atoms with Gasteiger partial charge in [-0.3, -0.25) is 0 Å². The van der Waals surface area contributed by atoms with Crippen molar-refractivity contribution in [2.24, 2.45) is 11.7 Å². The van der Waals surface area contributed by atoms with E-state index in [1.54, 1.807) is 0 Å². The Balaban J connectivity index is 1.71. The Hall–Kier alpha value is -0.550. The number of thioether (sulfide) groups is 1. The molecule has 0 bridgehead atoms. The minimum absolute atomic E-state index is 0.351. The molecule has 5 heteroatoms.